The number of hydrogen-bond donors (Lipinski definition) is 1. The number of esters is 1. The van der Waals surface area contributed by atoms with Gasteiger partial charge in [-0.1, -0.05) is 63.2 Å². The number of aliphatic carboxylic acids is 1. The highest BCUT2D eigenvalue weighted by molar-refractivity contribution is 5.94. The van der Waals surface area contributed by atoms with Crippen molar-refractivity contribution in [1.29, 1.82) is 0 Å². The van der Waals surface area contributed by atoms with Gasteiger partial charge in [0.25, 0.3) is 0 Å². The zero-order valence-corrected chi connectivity index (χ0v) is 16.8. The van der Waals surface area contributed by atoms with Crippen LogP contribution in [-0.2, 0) is 27.4 Å². The van der Waals surface area contributed by atoms with Gasteiger partial charge in [0.2, 0.25) is 0 Å². The quantitative estimate of drug-likeness (QED) is 0.536. The van der Waals surface area contributed by atoms with Gasteiger partial charge in [0.05, 0.1) is 0 Å². The van der Waals surface area contributed by atoms with Crippen LogP contribution < -0.4 is 4.74 Å². The third-order valence-electron chi connectivity index (χ3n) is 4.71. The van der Waals surface area contributed by atoms with E-state index in [-0.39, 0.29) is 17.9 Å². The Labute approximate surface area is 166 Å². The van der Waals surface area contributed by atoms with E-state index in [4.69, 9.17) is 9.47 Å². The molecule has 2 aromatic carbocycles. The van der Waals surface area contributed by atoms with Crippen LogP contribution in [0.4, 0.5) is 0 Å². The van der Waals surface area contributed by atoms with Crippen molar-refractivity contribution in [2.24, 2.45) is 11.3 Å². The average Bonchev–Trinajstić information content (AvgIpc) is 2.65. The first-order valence-corrected chi connectivity index (χ1v) is 9.36. The standard InChI is InChI=1S/C23H28O5/c1-16(23(2,3)4)28-22(26)20(21(24)25)14-17-10-12-19(13-11-17)27-15-18-8-6-5-7-9-18/h5-13,16,20H,14-15H2,1-4H3,(H,24,25). The minimum absolute atomic E-state index is 0.0734. The molecule has 0 spiro atoms. The maximum Gasteiger partial charge on any atom is 0.320 e. The van der Waals surface area contributed by atoms with Crippen molar-refractivity contribution in [3.8, 4) is 5.75 Å². The van der Waals surface area contributed by atoms with Crippen LogP contribution in [0.2, 0.25) is 0 Å². The molecule has 0 radical (unpaired) electrons. The molecule has 0 saturated carbocycles. The first kappa shape index (κ1) is 21.5. The molecule has 0 amide bonds. The molecule has 0 aliphatic carbocycles. The van der Waals surface area contributed by atoms with Gasteiger partial charge in [-0.2, -0.15) is 0 Å². The Balaban J connectivity index is 1.97. The molecule has 0 bridgehead atoms. The highest BCUT2D eigenvalue weighted by atomic mass is 16.5. The zero-order valence-electron chi connectivity index (χ0n) is 16.8. The summed E-state index contributed by atoms with van der Waals surface area (Å²) in [5, 5.41) is 9.46. The van der Waals surface area contributed by atoms with Crippen molar-refractivity contribution in [2.45, 2.75) is 46.8 Å². The molecule has 28 heavy (non-hydrogen) atoms. The largest absolute Gasteiger partial charge is 0.489 e. The molecule has 150 valence electrons. The number of carboxylic acid groups (broad SMARTS) is 1. The van der Waals surface area contributed by atoms with Gasteiger partial charge in [-0.3, -0.25) is 9.59 Å². The van der Waals surface area contributed by atoms with E-state index < -0.39 is 17.9 Å². The molecule has 0 heterocycles. The molecule has 0 aliphatic rings. The van der Waals surface area contributed by atoms with Crippen LogP contribution in [0.15, 0.2) is 54.6 Å². The van der Waals surface area contributed by atoms with E-state index >= 15 is 0 Å². The minimum Gasteiger partial charge on any atom is -0.489 e. The molecule has 5 heteroatoms. The monoisotopic (exact) mass is 384 g/mol. The predicted molar refractivity (Wildman–Crippen MR) is 107 cm³/mol. The highest BCUT2D eigenvalue weighted by Crippen LogP contribution is 2.24. The molecular weight excluding hydrogens is 356 g/mol. The van der Waals surface area contributed by atoms with Gasteiger partial charge in [-0.25, -0.2) is 0 Å². The number of rotatable bonds is 8. The lowest BCUT2D eigenvalue weighted by Gasteiger charge is -2.28. The van der Waals surface area contributed by atoms with Crippen molar-refractivity contribution in [2.75, 3.05) is 0 Å². The summed E-state index contributed by atoms with van der Waals surface area (Å²) in [5.74, 6) is -2.45. The molecule has 2 unspecified atom stereocenters. The van der Waals surface area contributed by atoms with Crippen LogP contribution >= 0.6 is 0 Å². The van der Waals surface area contributed by atoms with Gasteiger partial charge in [0, 0.05) is 0 Å². The Bertz CT molecular complexity index is 775. The van der Waals surface area contributed by atoms with E-state index in [9.17, 15) is 14.7 Å². The summed E-state index contributed by atoms with van der Waals surface area (Å²) in [6, 6.07) is 16.9. The highest BCUT2D eigenvalue weighted by Gasteiger charge is 2.32. The van der Waals surface area contributed by atoms with Gasteiger partial charge in [-0.05, 0) is 42.0 Å². The second kappa shape index (κ2) is 9.40. The number of hydrogen-bond acceptors (Lipinski definition) is 4. The number of ether oxygens (including phenoxy) is 2. The summed E-state index contributed by atoms with van der Waals surface area (Å²) in [5.41, 5.74) is 1.55. The van der Waals surface area contributed by atoms with Gasteiger partial charge >= 0.3 is 11.9 Å². The van der Waals surface area contributed by atoms with Crippen LogP contribution in [0.3, 0.4) is 0 Å². The molecule has 0 fully saturated rings. The molecule has 1 N–H and O–H groups in total. The fourth-order valence-electron chi connectivity index (χ4n) is 2.40. The van der Waals surface area contributed by atoms with Gasteiger partial charge in [-0.15, -0.1) is 0 Å². The molecule has 0 aromatic heterocycles. The normalized spacial score (nSPS) is 13.4. The number of carbonyl (C=O) groups is 2. The van der Waals surface area contributed by atoms with Crippen LogP contribution in [0, 0.1) is 11.3 Å². The van der Waals surface area contributed by atoms with E-state index in [0.29, 0.717) is 12.4 Å². The summed E-state index contributed by atoms with van der Waals surface area (Å²) >= 11 is 0. The van der Waals surface area contributed by atoms with E-state index in [2.05, 4.69) is 0 Å². The third kappa shape index (κ3) is 6.41. The van der Waals surface area contributed by atoms with Crippen LogP contribution in [0.5, 0.6) is 5.75 Å². The summed E-state index contributed by atoms with van der Waals surface area (Å²) in [6.45, 7) is 8.04. The second-order valence-corrected chi connectivity index (χ2v) is 7.96. The lowest BCUT2D eigenvalue weighted by atomic mass is 9.90. The van der Waals surface area contributed by atoms with Crippen molar-refractivity contribution in [3.05, 3.63) is 65.7 Å². The molecule has 2 atom stereocenters. The predicted octanol–water partition coefficient (Wildman–Crippen LogP) is 4.49. The molecule has 5 nitrogen and oxygen atoms in total. The Hall–Kier alpha value is -2.82. The SMILES string of the molecule is CC(OC(=O)C(Cc1ccc(OCc2ccccc2)cc1)C(=O)O)C(C)(C)C. The van der Waals surface area contributed by atoms with Crippen molar-refractivity contribution in [3.63, 3.8) is 0 Å². The lowest BCUT2D eigenvalue weighted by Crippen LogP contribution is -2.35. The number of benzene rings is 2. The fraction of sp³-hybridized carbons (Fsp3) is 0.391. The Kier molecular flexibility index (Phi) is 7.21. The van der Waals surface area contributed by atoms with Gasteiger partial charge < -0.3 is 14.6 Å². The molecule has 2 aromatic rings. The topological polar surface area (TPSA) is 72.8 Å². The molecule has 0 aliphatic heterocycles. The van der Waals surface area contributed by atoms with Crippen molar-refractivity contribution in [1.82, 2.24) is 0 Å². The molecular formula is C23H28O5. The van der Waals surface area contributed by atoms with Crippen LogP contribution in [-0.4, -0.2) is 23.1 Å². The maximum atomic E-state index is 12.3. The summed E-state index contributed by atoms with van der Waals surface area (Å²) in [4.78, 5) is 23.9. The molecule has 0 saturated heterocycles. The first-order chi connectivity index (χ1) is 13.2. The van der Waals surface area contributed by atoms with Crippen molar-refractivity contribution >= 4 is 11.9 Å². The molecule has 2 rings (SSSR count). The first-order valence-electron chi connectivity index (χ1n) is 9.36. The third-order valence-corrected chi connectivity index (χ3v) is 4.71. The number of carbonyl (C=O) groups excluding carboxylic acids is 1. The van der Waals surface area contributed by atoms with E-state index in [1.54, 1.807) is 31.2 Å². The summed E-state index contributed by atoms with van der Waals surface area (Å²) in [6.07, 6.45) is -0.306. The maximum absolute atomic E-state index is 12.3. The Morgan fingerprint density at radius 2 is 1.57 bits per heavy atom. The Morgan fingerprint density at radius 3 is 2.11 bits per heavy atom. The smallest absolute Gasteiger partial charge is 0.320 e. The van der Waals surface area contributed by atoms with Crippen molar-refractivity contribution < 1.29 is 24.2 Å². The summed E-state index contributed by atoms with van der Waals surface area (Å²) in [7, 11) is 0. The van der Waals surface area contributed by atoms with E-state index in [0.717, 1.165) is 11.1 Å². The van der Waals surface area contributed by atoms with Gasteiger partial charge in [0.1, 0.15) is 18.5 Å². The van der Waals surface area contributed by atoms with E-state index in [1.807, 2.05) is 51.1 Å². The lowest BCUT2D eigenvalue weighted by molar-refractivity contribution is -0.165. The Morgan fingerprint density at radius 1 is 0.964 bits per heavy atom. The van der Waals surface area contributed by atoms with Gasteiger partial charge in [0.15, 0.2) is 5.92 Å². The van der Waals surface area contributed by atoms with E-state index in [1.165, 1.54) is 0 Å². The summed E-state index contributed by atoms with van der Waals surface area (Å²) < 4.78 is 11.1. The second-order valence-electron chi connectivity index (χ2n) is 7.96. The minimum atomic E-state index is -1.24. The fourth-order valence-corrected chi connectivity index (χ4v) is 2.40. The zero-order chi connectivity index (χ0) is 20.7. The van der Waals surface area contributed by atoms with Crippen LogP contribution in [0.1, 0.15) is 38.8 Å². The average molecular weight is 384 g/mol. The van der Waals surface area contributed by atoms with Crippen LogP contribution in [0.25, 0.3) is 0 Å². The number of carboxylic acids is 1.